The van der Waals surface area contributed by atoms with E-state index in [4.69, 9.17) is 21.3 Å². The van der Waals surface area contributed by atoms with E-state index in [0.29, 0.717) is 5.15 Å². The fraction of sp³-hybridized carbons (Fsp3) is 0.692. The van der Waals surface area contributed by atoms with E-state index in [0.717, 1.165) is 42.8 Å². The van der Waals surface area contributed by atoms with Gasteiger partial charge >= 0.3 is 0 Å². The number of hydrogen-bond acceptors (Lipinski definition) is 3. The molecule has 1 aromatic heterocycles. The highest BCUT2D eigenvalue weighted by Crippen LogP contribution is 2.43. The van der Waals surface area contributed by atoms with Crippen LogP contribution in [-0.2, 0) is 23.2 Å². The summed E-state index contributed by atoms with van der Waals surface area (Å²) < 4.78 is 5.62. The third-order valence-corrected chi connectivity index (χ3v) is 4.40. The lowest BCUT2D eigenvalue weighted by molar-refractivity contribution is -0.0848. The number of hydrogen-bond donors (Lipinski definition) is 0. The van der Waals surface area contributed by atoms with Crippen LogP contribution < -0.4 is 0 Å². The van der Waals surface area contributed by atoms with Gasteiger partial charge < -0.3 is 4.74 Å². The van der Waals surface area contributed by atoms with Gasteiger partial charge in [-0.3, -0.25) is 0 Å². The molecule has 1 fully saturated rings. The maximum atomic E-state index is 6.28. The van der Waals surface area contributed by atoms with Crippen LogP contribution in [0, 0.1) is 0 Å². The molecule has 2 aliphatic carbocycles. The van der Waals surface area contributed by atoms with Gasteiger partial charge in [0, 0.05) is 18.4 Å². The van der Waals surface area contributed by atoms with E-state index in [9.17, 15) is 0 Å². The summed E-state index contributed by atoms with van der Waals surface area (Å²) in [5.74, 6) is 0.803. The molecular weight excluding hydrogens is 236 g/mol. The molecule has 0 aromatic carbocycles. The summed E-state index contributed by atoms with van der Waals surface area (Å²) in [5, 5.41) is 0.646. The highest BCUT2D eigenvalue weighted by Gasteiger charge is 2.42. The van der Waals surface area contributed by atoms with Crippen LogP contribution in [-0.4, -0.2) is 17.1 Å². The van der Waals surface area contributed by atoms with Crippen molar-refractivity contribution < 1.29 is 4.74 Å². The normalized spacial score (nSPS) is 21.8. The number of halogens is 1. The SMILES string of the molecule is COC1(c2nc(Cl)c3c(n2)CCCC3)CCC1. The van der Waals surface area contributed by atoms with Gasteiger partial charge in [-0.15, -0.1) is 0 Å². The van der Waals surface area contributed by atoms with Crippen LogP contribution in [0.2, 0.25) is 5.15 Å². The summed E-state index contributed by atoms with van der Waals surface area (Å²) in [6.07, 6.45) is 7.67. The summed E-state index contributed by atoms with van der Waals surface area (Å²) in [6.45, 7) is 0. The Labute approximate surface area is 107 Å². The predicted molar refractivity (Wildman–Crippen MR) is 66.2 cm³/mol. The largest absolute Gasteiger partial charge is 0.370 e. The molecule has 0 amide bonds. The Balaban J connectivity index is 2.04. The Kier molecular flexibility index (Phi) is 2.83. The lowest BCUT2D eigenvalue weighted by Crippen LogP contribution is -2.38. The zero-order valence-corrected chi connectivity index (χ0v) is 10.9. The number of aryl methyl sites for hydroxylation is 1. The van der Waals surface area contributed by atoms with Crippen molar-refractivity contribution in [2.75, 3.05) is 7.11 Å². The number of fused-ring (bicyclic) bond motifs is 1. The molecule has 0 atom stereocenters. The highest BCUT2D eigenvalue weighted by molar-refractivity contribution is 6.30. The first-order valence-electron chi connectivity index (χ1n) is 6.36. The van der Waals surface area contributed by atoms with E-state index in [1.165, 1.54) is 19.3 Å². The van der Waals surface area contributed by atoms with Crippen LogP contribution in [0.1, 0.15) is 49.2 Å². The van der Waals surface area contributed by atoms with Crippen molar-refractivity contribution in [3.05, 3.63) is 22.2 Å². The highest BCUT2D eigenvalue weighted by atomic mass is 35.5. The Hall–Kier alpha value is -0.670. The van der Waals surface area contributed by atoms with Crippen LogP contribution in [0.25, 0.3) is 0 Å². The van der Waals surface area contributed by atoms with Gasteiger partial charge in [0.25, 0.3) is 0 Å². The Morgan fingerprint density at radius 1 is 1.12 bits per heavy atom. The van der Waals surface area contributed by atoms with Crippen molar-refractivity contribution in [3.63, 3.8) is 0 Å². The molecule has 0 aliphatic heterocycles. The van der Waals surface area contributed by atoms with Gasteiger partial charge in [0.1, 0.15) is 10.8 Å². The molecule has 92 valence electrons. The first kappa shape index (κ1) is 11.4. The number of aromatic nitrogens is 2. The molecule has 0 unspecified atom stereocenters. The van der Waals surface area contributed by atoms with Crippen LogP contribution >= 0.6 is 11.6 Å². The van der Waals surface area contributed by atoms with Gasteiger partial charge in [0.2, 0.25) is 0 Å². The molecular formula is C13H17ClN2O. The second-order valence-electron chi connectivity index (χ2n) is 5.02. The van der Waals surface area contributed by atoms with Crippen LogP contribution in [0.3, 0.4) is 0 Å². The van der Waals surface area contributed by atoms with E-state index in [1.807, 2.05) is 0 Å². The Morgan fingerprint density at radius 2 is 1.88 bits per heavy atom. The first-order chi connectivity index (χ1) is 8.25. The molecule has 0 radical (unpaired) electrons. The average molecular weight is 253 g/mol. The van der Waals surface area contributed by atoms with E-state index >= 15 is 0 Å². The fourth-order valence-electron chi connectivity index (χ4n) is 2.77. The van der Waals surface area contributed by atoms with Crippen LogP contribution in [0.5, 0.6) is 0 Å². The Bertz CT molecular complexity index is 438. The first-order valence-corrected chi connectivity index (χ1v) is 6.74. The summed E-state index contributed by atoms with van der Waals surface area (Å²) >= 11 is 6.28. The number of ether oxygens (including phenoxy) is 1. The average Bonchev–Trinajstić information content (AvgIpc) is 2.28. The van der Waals surface area contributed by atoms with Gasteiger partial charge in [-0.25, -0.2) is 9.97 Å². The second kappa shape index (κ2) is 4.21. The molecule has 0 spiro atoms. The van der Waals surface area contributed by atoms with Crippen molar-refractivity contribution in [2.45, 2.75) is 50.5 Å². The summed E-state index contributed by atoms with van der Waals surface area (Å²) in [4.78, 5) is 9.20. The summed E-state index contributed by atoms with van der Waals surface area (Å²) in [5.41, 5.74) is 2.05. The molecule has 1 saturated carbocycles. The predicted octanol–water partition coefficient (Wildman–Crippen LogP) is 3.03. The third kappa shape index (κ3) is 1.76. The molecule has 3 nitrogen and oxygen atoms in total. The molecule has 0 N–H and O–H groups in total. The molecule has 2 aliphatic rings. The monoisotopic (exact) mass is 252 g/mol. The topological polar surface area (TPSA) is 35.0 Å². The van der Waals surface area contributed by atoms with Crippen molar-refractivity contribution in [1.29, 1.82) is 0 Å². The van der Waals surface area contributed by atoms with E-state index in [-0.39, 0.29) is 5.60 Å². The van der Waals surface area contributed by atoms with E-state index < -0.39 is 0 Å². The van der Waals surface area contributed by atoms with Gasteiger partial charge in [-0.2, -0.15) is 0 Å². The smallest absolute Gasteiger partial charge is 0.162 e. The lowest BCUT2D eigenvalue weighted by atomic mass is 9.79. The summed E-state index contributed by atoms with van der Waals surface area (Å²) in [7, 11) is 1.75. The van der Waals surface area contributed by atoms with Crippen molar-refractivity contribution >= 4 is 11.6 Å². The minimum absolute atomic E-state index is 0.254. The summed E-state index contributed by atoms with van der Waals surface area (Å²) in [6, 6.07) is 0. The zero-order chi connectivity index (χ0) is 11.9. The lowest BCUT2D eigenvalue weighted by Gasteiger charge is -2.39. The number of nitrogens with zero attached hydrogens (tertiary/aromatic N) is 2. The quantitative estimate of drug-likeness (QED) is 0.759. The molecule has 17 heavy (non-hydrogen) atoms. The number of rotatable bonds is 2. The molecule has 4 heteroatoms. The molecule has 0 bridgehead atoms. The minimum Gasteiger partial charge on any atom is -0.370 e. The van der Waals surface area contributed by atoms with E-state index in [2.05, 4.69) is 4.98 Å². The maximum Gasteiger partial charge on any atom is 0.162 e. The number of methoxy groups -OCH3 is 1. The molecule has 1 heterocycles. The maximum absolute atomic E-state index is 6.28. The zero-order valence-electron chi connectivity index (χ0n) is 10.1. The van der Waals surface area contributed by atoms with Crippen molar-refractivity contribution in [2.24, 2.45) is 0 Å². The Morgan fingerprint density at radius 3 is 2.53 bits per heavy atom. The third-order valence-electron chi connectivity index (χ3n) is 4.09. The standard InChI is InChI=1S/C13H17ClN2O/c1-17-13(7-4-8-13)12-15-10-6-3-2-5-9(10)11(14)16-12/h2-8H2,1H3. The van der Waals surface area contributed by atoms with Crippen molar-refractivity contribution in [3.8, 4) is 0 Å². The molecule has 1 aromatic rings. The van der Waals surface area contributed by atoms with Crippen LogP contribution in [0.4, 0.5) is 0 Å². The van der Waals surface area contributed by atoms with Crippen molar-refractivity contribution in [1.82, 2.24) is 9.97 Å². The van der Waals surface area contributed by atoms with E-state index in [1.54, 1.807) is 7.11 Å². The minimum atomic E-state index is -0.254. The van der Waals surface area contributed by atoms with Gasteiger partial charge in [0.05, 0.1) is 0 Å². The van der Waals surface area contributed by atoms with Crippen LogP contribution in [0.15, 0.2) is 0 Å². The fourth-order valence-corrected chi connectivity index (χ4v) is 3.05. The molecule has 0 saturated heterocycles. The van der Waals surface area contributed by atoms with Gasteiger partial charge in [0.15, 0.2) is 5.82 Å². The second-order valence-corrected chi connectivity index (χ2v) is 5.38. The van der Waals surface area contributed by atoms with Gasteiger partial charge in [-0.1, -0.05) is 11.6 Å². The van der Waals surface area contributed by atoms with Gasteiger partial charge in [-0.05, 0) is 44.9 Å². The molecule has 3 rings (SSSR count).